The molecule has 2 heterocycles. The van der Waals surface area contributed by atoms with Crippen molar-refractivity contribution in [2.24, 2.45) is 0 Å². The number of nitrogens with zero attached hydrogens (tertiary/aromatic N) is 3. The van der Waals surface area contributed by atoms with Crippen molar-refractivity contribution < 1.29 is 9.59 Å². The summed E-state index contributed by atoms with van der Waals surface area (Å²) < 4.78 is 0. The van der Waals surface area contributed by atoms with Crippen LogP contribution in [0.1, 0.15) is 57.1 Å². The third-order valence-electron chi connectivity index (χ3n) is 5.68. The van der Waals surface area contributed by atoms with Gasteiger partial charge in [0.15, 0.2) is 5.13 Å². The minimum Gasteiger partial charge on any atom is -0.336 e. The molecule has 136 valence electrons. The molecule has 3 fully saturated rings. The average Bonchev–Trinajstić information content (AvgIpc) is 3.35. The number of anilines is 1. The zero-order chi connectivity index (χ0) is 17.2. The summed E-state index contributed by atoms with van der Waals surface area (Å²) in [6.45, 7) is 1.31. The lowest BCUT2D eigenvalue weighted by Gasteiger charge is -2.34. The van der Waals surface area contributed by atoms with E-state index in [9.17, 15) is 9.59 Å². The van der Waals surface area contributed by atoms with Crippen LogP contribution >= 0.6 is 11.3 Å². The Balaban J connectivity index is 1.45. The van der Waals surface area contributed by atoms with Crippen LogP contribution in [-0.4, -0.2) is 47.0 Å². The highest BCUT2D eigenvalue weighted by Gasteiger charge is 2.34. The summed E-state index contributed by atoms with van der Waals surface area (Å²) in [5.74, 6) is 0.224. The predicted octanol–water partition coefficient (Wildman–Crippen LogP) is 2.93. The average molecular weight is 362 g/mol. The summed E-state index contributed by atoms with van der Waals surface area (Å²) in [4.78, 5) is 33.3. The standard InChI is InChI=1S/C18H26N4O2S/c23-16(22(14-5-1-2-6-14)15-7-3-4-8-15)11-13-12-25-18(20-13)21-10-9-19-17(21)24/h12,14-15H,1-11H2,(H,19,24). The molecule has 1 aliphatic heterocycles. The molecular formula is C18H26N4O2S. The molecule has 0 spiro atoms. The van der Waals surface area contributed by atoms with E-state index in [2.05, 4.69) is 15.2 Å². The molecule has 0 atom stereocenters. The van der Waals surface area contributed by atoms with Crippen LogP contribution in [0.2, 0.25) is 0 Å². The van der Waals surface area contributed by atoms with Crippen molar-refractivity contribution in [3.05, 3.63) is 11.1 Å². The first kappa shape index (κ1) is 16.8. The highest BCUT2D eigenvalue weighted by atomic mass is 32.1. The quantitative estimate of drug-likeness (QED) is 0.876. The second-order valence-corrected chi connectivity index (χ2v) is 8.20. The summed E-state index contributed by atoms with van der Waals surface area (Å²) in [6.07, 6.45) is 9.93. The van der Waals surface area contributed by atoms with Gasteiger partial charge in [-0.15, -0.1) is 11.3 Å². The van der Waals surface area contributed by atoms with E-state index in [0.29, 0.717) is 36.7 Å². The number of rotatable bonds is 5. The Morgan fingerprint density at radius 3 is 2.40 bits per heavy atom. The van der Waals surface area contributed by atoms with Gasteiger partial charge >= 0.3 is 6.03 Å². The SMILES string of the molecule is O=C1NCCN1c1nc(CC(=O)N(C2CCCC2)C2CCCC2)cs1. The Morgan fingerprint density at radius 1 is 1.20 bits per heavy atom. The number of aromatic nitrogens is 1. The van der Waals surface area contributed by atoms with Crippen molar-refractivity contribution in [3.63, 3.8) is 0 Å². The Bertz CT molecular complexity index is 619. The van der Waals surface area contributed by atoms with Gasteiger partial charge in [-0.3, -0.25) is 9.69 Å². The smallest absolute Gasteiger partial charge is 0.323 e. The molecule has 2 saturated carbocycles. The van der Waals surface area contributed by atoms with Crippen molar-refractivity contribution in [1.82, 2.24) is 15.2 Å². The van der Waals surface area contributed by atoms with E-state index in [-0.39, 0.29) is 11.9 Å². The van der Waals surface area contributed by atoms with Gasteiger partial charge in [0.2, 0.25) is 5.91 Å². The molecule has 0 bridgehead atoms. The number of urea groups is 1. The van der Waals surface area contributed by atoms with E-state index in [1.807, 2.05) is 5.38 Å². The van der Waals surface area contributed by atoms with Crippen molar-refractivity contribution in [3.8, 4) is 0 Å². The molecule has 7 heteroatoms. The number of thiazole rings is 1. The van der Waals surface area contributed by atoms with Gasteiger partial charge in [-0.2, -0.15) is 0 Å². The van der Waals surface area contributed by atoms with E-state index in [0.717, 1.165) is 31.4 Å². The molecule has 1 aromatic heterocycles. The molecule has 3 aliphatic rings. The van der Waals surface area contributed by atoms with Crippen LogP contribution in [0, 0.1) is 0 Å². The van der Waals surface area contributed by atoms with Gasteiger partial charge < -0.3 is 10.2 Å². The largest absolute Gasteiger partial charge is 0.336 e. The van der Waals surface area contributed by atoms with Crippen LogP contribution in [0.5, 0.6) is 0 Å². The van der Waals surface area contributed by atoms with Crippen molar-refractivity contribution in [2.75, 3.05) is 18.0 Å². The van der Waals surface area contributed by atoms with Gasteiger partial charge in [0, 0.05) is 30.6 Å². The van der Waals surface area contributed by atoms with E-state index < -0.39 is 0 Å². The molecule has 3 amide bonds. The fourth-order valence-electron chi connectivity index (χ4n) is 4.47. The van der Waals surface area contributed by atoms with Gasteiger partial charge in [0.25, 0.3) is 0 Å². The molecule has 2 aliphatic carbocycles. The highest BCUT2D eigenvalue weighted by Crippen LogP contribution is 2.32. The molecule has 4 rings (SSSR count). The normalized spacial score (nSPS) is 21.9. The number of nitrogens with one attached hydrogen (secondary N) is 1. The Hall–Kier alpha value is -1.63. The first-order valence-corrected chi connectivity index (χ1v) is 10.4. The first-order valence-electron chi connectivity index (χ1n) is 9.53. The maximum Gasteiger partial charge on any atom is 0.323 e. The predicted molar refractivity (Wildman–Crippen MR) is 97.9 cm³/mol. The van der Waals surface area contributed by atoms with Crippen LogP contribution in [0.15, 0.2) is 5.38 Å². The fraction of sp³-hybridized carbons (Fsp3) is 0.722. The van der Waals surface area contributed by atoms with Crippen LogP contribution in [0.25, 0.3) is 0 Å². The Morgan fingerprint density at radius 2 is 1.84 bits per heavy atom. The van der Waals surface area contributed by atoms with Crippen LogP contribution in [0.4, 0.5) is 9.93 Å². The summed E-state index contributed by atoms with van der Waals surface area (Å²) in [6, 6.07) is 0.766. The third kappa shape index (κ3) is 3.52. The van der Waals surface area contributed by atoms with Gasteiger partial charge in [0.1, 0.15) is 0 Å². The molecule has 6 nitrogen and oxygen atoms in total. The van der Waals surface area contributed by atoms with Gasteiger partial charge in [-0.25, -0.2) is 9.78 Å². The van der Waals surface area contributed by atoms with E-state index >= 15 is 0 Å². The van der Waals surface area contributed by atoms with Crippen LogP contribution < -0.4 is 10.2 Å². The van der Waals surface area contributed by atoms with Crippen LogP contribution in [-0.2, 0) is 11.2 Å². The lowest BCUT2D eigenvalue weighted by molar-refractivity contribution is -0.135. The molecule has 1 N–H and O–H groups in total. The molecule has 0 radical (unpaired) electrons. The summed E-state index contributed by atoms with van der Waals surface area (Å²) in [5, 5.41) is 5.42. The minimum atomic E-state index is -0.0919. The number of hydrogen-bond donors (Lipinski definition) is 1. The second kappa shape index (κ2) is 7.32. The number of carbonyl (C=O) groups is 2. The van der Waals surface area contributed by atoms with Crippen LogP contribution in [0.3, 0.4) is 0 Å². The monoisotopic (exact) mass is 362 g/mol. The zero-order valence-electron chi connectivity index (χ0n) is 14.6. The highest BCUT2D eigenvalue weighted by molar-refractivity contribution is 7.14. The Kier molecular flexibility index (Phi) is 4.92. The van der Waals surface area contributed by atoms with E-state index in [1.165, 1.54) is 37.0 Å². The lowest BCUT2D eigenvalue weighted by atomic mass is 10.1. The van der Waals surface area contributed by atoms with E-state index in [1.54, 1.807) is 4.90 Å². The first-order chi connectivity index (χ1) is 12.2. The second-order valence-electron chi connectivity index (χ2n) is 7.36. The van der Waals surface area contributed by atoms with Gasteiger partial charge in [0.05, 0.1) is 12.1 Å². The molecule has 0 unspecified atom stereocenters. The topological polar surface area (TPSA) is 65.5 Å². The maximum atomic E-state index is 13.1. The molecule has 1 saturated heterocycles. The zero-order valence-corrected chi connectivity index (χ0v) is 15.4. The maximum absolute atomic E-state index is 13.1. The molecule has 1 aromatic rings. The molecular weight excluding hydrogens is 336 g/mol. The van der Waals surface area contributed by atoms with Gasteiger partial charge in [-0.05, 0) is 25.7 Å². The van der Waals surface area contributed by atoms with Gasteiger partial charge in [-0.1, -0.05) is 25.7 Å². The van der Waals surface area contributed by atoms with Crippen molar-refractivity contribution in [2.45, 2.75) is 69.9 Å². The minimum absolute atomic E-state index is 0.0919. The summed E-state index contributed by atoms with van der Waals surface area (Å²) >= 11 is 1.45. The number of hydrogen-bond acceptors (Lipinski definition) is 4. The Labute approximate surface area is 152 Å². The van der Waals surface area contributed by atoms with Crippen molar-refractivity contribution in [1.29, 1.82) is 0 Å². The lowest BCUT2D eigenvalue weighted by Crippen LogP contribution is -2.45. The number of carbonyl (C=O) groups excluding carboxylic acids is 2. The summed E-state index contributed by atoms with van der Waals surface area (Å²) in [5.41, 5.74) is 0.797. The molecule has 0 aromatic carbocycles. The summed E-state index contributed by atoms with van der Waals surface area (Å²) in [7, 11) is 0. The fourth-order valence-corrected chi connectivity index (χ4v) is 5.32. The number of amides is 3. The van der Waals surface area contributed by atoms with Crippen molar-refractivity contribution >= 4 is 28.4 Å². The van der Waals surface area contributed by atoms with E-state index in [4.69, 9.17) is 0 Å². The third-order valence-corrected chi connectivity index (χ3v) is 6.60. The molecule has 25 heavy (non-hydrogen) atoms.